The van der Waals surface area contributed by atoms with Gasteiger partial charge in [0.2, 0.25) is 5.13 Å². The van der Waals surface area contributed by atoms with Crippen molar-refractivity contribution in [3.8, 4) is 5.75 Å². The average Bonchev–Trinajstić information content (AvgIpc) is 3.34. The van der Waals surface area contributed by atoms with Crippen LogP contribution in [0.15, 0.2) is 82.0 Å². The van der Waals surface area contributed by atoms with Crippen LogP contribution in [0.25, 0.3) is 0 Å². The van der Waals surface area contributed by atoms with Gasteiger partial charge in [0.05, 0.1) is 17.1 Å². The molecule has 3 aromatic carbocycles. The Hall–Kier alpha value is -3.12. The Balaban J connectivity index is 1.34. The minimum atomic E-state index is -3.99. The monoisotopic (exact) mass is 572 g/mol. The van der Waals surface area contributed by atoms with Crippen molar-refractivity contribution in [1.29, 1.82) is 0 Å². The highest BCUT2D eigenvalue weighted by atomic mass is 35.5. The molecule has 0 bridgehead atoms. The Morgan fingerprint density at radius 1 is 1.14 bits per heavy atom. The number of nitrogens with zero attached hydrogens (tertiary/aromatic N) is 3. The summed E-state index contributed by atoms with van der Waals surface area (Å²) >= 11 is 8.91. The number of carbonyl (C=O) groups excluding carboxylic acids is 1. The Bertz CT molecular complexity index is 1530. The molecule has 37 heavy (non-hydrogen) atoms. The van der Waals surface area contributed by atoms with Gasteiger partial charge in [-0.15, -0.1) is 10.2 Å². The van der Waals surface area contributed by atoms with E-state index in [-0.39, 0.29) is 22.9 Å². The molecule has 0 aliphatic carbocycles. The Labute approximate surface area is 227 Å². The molecule has 12 heteroatoms. The van der Waals surface area contributed by atoms with E-state index in [0.717, 1.165) is 21.2 Å². The number of rotatable bonds is 7. The zero-order chi connectivity index (χ0) is 26.0. The number of fused-ring (bicyclic) bond motifs is 1. The van der Waals surface area contributed by atoms with Gasteiger partial charge in [0.15, 0.2) is 10.4 Å². The van der Waals surface area contributed by atoms with Crippen molar-refractivity contribution in [3.05, 3.63) is 88.9 Å². The first kappa shape index (κ1) is 25.5. The summed E-state index contributed by atoms with van der Waals surface area (Å²) < 4.78 is 34.9. The molecule has 2 heterocycles. The van der Waals surface area contributed by atoms with Gasteiger partial charge in [-0.1, -0.05) is 82.7 Å². The predicted molar refractivity (Wildman–Crippen MR) is 146 cm³/mol. The van der Waals surface area contributed by atoms with E-state index in [1.54, 1.807) is 24.3 Å². The number of sulfonamides is 1. The number of aryl methyl sites for hydroxylation is 1. The van der Waals surface area contributed by atoms with Gasteiger partial charge in [0.25, 0.3) is 15.9 Å². The number of aromatic nitrogens is 2. The van der Waals surface area contributed by atoms with E-state index < -0.39 is 22.0 Å². The van der Waals surface area contributed by atoms with E-state index >= 15 is 0 Å². The van der Waals surface area contributed by atoms with Gasteiger partial charge in [-0.25, -0.2) is 8.42 Å². The summed E-state index contributed by atoms with van der Waals surface area (Å²) in [6, 6.07) is 21.1. The van der Waals surface area contributed by atoms with Gasteiger partial charge in [-0.2, -0.15) is 0 Å². The van der Waals surface area contributed by atoms with Crippen LogP contribution in [0.4, 0.5) is 10.8 Å². The van der Waals surface area contributed by atoms with Gasteiger partial charge < -0.3 is 4.74 Å². The van der Waals surface area contributed by atoms with E-state index in [2.05, 4.69) is 15.5 Å². The highest BCUT2D eigenvalue weighted by molar-refractivity contribution is 8.00. The molecular weight excluding hydrogens is 552 g/mol. The molecule has 1 aromatic heterocycles. The summed E-state index contributed by atoms with van der Waals surface area (Å²) in [5, 5.41) is 11.6. The van der Waals surface area contributed by atoms with Crippen molar-refractivity contribution in [3.63, 3.8) is 0 Å². The standard InChI is InChI=1S/C25H21ClN4O4S3/c1-16-7-10-19(11-8-16)37(32,33)30-14-22(34-21-12-9-18(26)13-20(21)30)23(31)27-24-28-29-25(36-24)35-15-17-5-3-2-4-6-17/h2-13,22H,14-15H2,1H3,(H,27,28,31)/t22-/m0/s1. The van der Waals surface area contributed by atoms with Crippen LogP contribution >= 0.6 is 34.7 Å². The number of hydrogen-bond donors (Lipinski definition) is 1. The van der Waals surface area contributed by atoms with Gasteiger partial charge in [-0.05, 0) is 42.8 Å². The zero-order valence-electron chi connectivity index (χ0n) is 19.5. The first-order valence-electron chi connectivity index (χ1n) is 11.2. The number of thioether (sulfide) groups is 1. The lowest BCUT2D eigenvalue weighted by atomic mass is 10.2. The fraction of sp³-hybridized carbons (Fsp3) is 0.160. The molecule has 1 atom stereocenters. The van der Waals surface area contributed by atoms with E-state index in [1.165, 1.54) is 41.3 Å². The van der Waals surface area contributed by atoms with Crippen LogP contribution in [0.5, 0.6) is 5.75 Å². The predicted octanol–water partition coefficient (Wildman–Crippen LogP) is 5.39. The molecule has 0 saturated carbocycles. The minimum absolute atomic E-state index is 0.106. The van der Waals surface area contributed by atoms with Crippen molar-refractivity contribution >= 4 is 61.4 Å². The third kappa shape index (κ3) is 5.74. The SMILES string of the molecule is Cc1ccc(S(=O)(=O)N2C[C@@H](C(=O)Nc3nnc(SCc4ccccc4)s3)Oc3ccc(Cl)cc32)cc1. The maximum atomic E-state index is 13.6. The van der Waals surface area contributed by atoms with Crippen molar-refractivity contribution in [1.82, 2.24) is 10.2 Å². The van der Waals surface area contributed by atoms with Crippen LogP contribution in [-0.2, 0) is 20.6 Å². The zero-order valence-corrected chi connectivity index (χ0v) is 22.7. The molecule has 1 amide bonds. The molecular formula is C25H21ClN4O4S3. The number of nitrogens with one attached hydrogen (secondary N) is 1. The summed E-state index contributed by atoms with van der Waals surface area (Å²) in [6.07, 6.45) is -1.11. The van der Waals surface area contributed by atoms with Crippen LogP contribution < -0.4 is 14.4 Å². The number of amides is 1. The Morgan fingerprint density at radius 3 is 2.65 bits per heavy atom. The number of carbonyl (C=O) groups is 1. The first-order valence-corrected chi connectivity index (χ1v) is 14.8. The quantitative estimate of drug-likeness (QED) is 0.234. The van der Waals surface area contributed by atoms with E-state index in [1.807, 2.05) is 37.3 Å². The summed E-state index contributed by atoms with van der Waals surface area (Å²) in [6.45, 7) is 1.64. The topological polar surface area (TPSA) is 101 Å². The lowest BCUT2D eigenvalue weighted by Gasteiger charge is -2.34. The Morgan fingerprint density at radius 2 is 1.89 bits per heavy atom. The molecule has 4 aromatic rings. The van der Waals surface area contributed by atoms with Crippen LogP contribution in [0.3, 0.4) is 0 Å². The van der Waals surface area contributed by atoms with Crippen molar-refractivity contribution in [2.24, 2.45) is 0 Å². The highest BCUT2D eigenvalue weighted by Gasteiger charge is 2.38. The maximum Gasteiger partial charge on any atom is 0.269 e. The molecule has 1 N–H and O–H groups in total. The molecule has 5 rings (SSSR count). The van der Waals surface area contributed by atoms with E-state index in [4.69, 9.17) is 16.3 Å². The smallest absolute Gasteiger partial charge is 0.269 e. The lowest BCUT2D eigenvalue weighted by Crippen LogP contribution is -2.48. The molecule has 190 valence electrons. The summed E-state index contributed by atoms with van der Waals surface area (Å²) in [5.41, 5.74) is 2.35. The largest absolute Gasteiger partial charge is 0.476 e. The summed E-state index contributed by atoms with van der Waals surface area (Å²) in [7, 11) is -3.99. The van der Waals surface area contributed by atoms with Crippen LogP contribution in [0, 0.1) is 6.92 Å². The molecule has 8 nitrogen and oxygen atoms in total. The fourth-order valence-corrected chi connectivity index (χ4v) is 6.99. The van der Waals surface area contributed by atoms with Crippen LogP contribution in [0.2, 0.25) is 5.02 Å². The second-order valence-corrected chi connectivity index (χ2v) is 12.7. The number of halogens is 1. The molecule has 1 aliphatic heterocycles. The van der Waals surface area contributed by atoms with Crippen LogP contribution in [0.1, 0.15) is 11.1 Å². The third-order valence-corrected chi connectivity index (χ3v) is 9.61. The molecule has 0 unspecified atom stereocenters. The number of hydrogen-bond acceptors (Lipinski definition) is 8. The molecule has 0 saturated heterocycles. The van der Waals surface area contributed by atoms with Crippen molar-refractivity contribution < 1.29 is 17.9 Å². The van der Waals surface area contributed by atoms with Gasteiger partial charge >= 0.3 is 0 Å². The number of anilines is 2. The minimum Gasteiger partial charge on any atom is -0.476 e. The normalized spacial score (nSPS) is 15.1. The highest BCUT2D eigenvalue weighted by Crippen LogP contribution is 2.39. The molecule has 0 spiro atoms. The number of ether oxygens (including phenoxy) is 1. The lowest BCUT2D eigenvalue weighted by molar-refractivity contribution is -0.122. The van der Waals surface area contributed by atoms with Gasteiger partial charge in [0, 0.05) is 10.8 Å². The second kappa shape index (κ2) is 10.7. The summed E-state index contributed by atoms with van der Waals surface area (Å²) in [4.78, 5) is 13.2. The van der Waals surface area contributed by atoms with Gasteiger partial charge in [-0.3, -0.25) is 14.4 Å². The summed E-state index contributed by atoms with van der Waals surface area (Å²) in [5.74, 6) is 0.434. The molecule has 0 radical (unpaired) electrons. The second-order valence-electron chi connectivity index (χ2n) is 8.20. The van der Waals surface area contributed by atoms with Crippen molar-refractivity contribution in [2.45, 2.75) is 28.0 Å². The molecule has 1 aliphatic rings. The third-order valence-electron chi connectivity index (χ3n) is 5.53. The van der Waals surface area contributed by atoms with Gasteiger partial charge in [0.1, 0.15) is 5.75 Å². The maximum absolute atomic E-state index is 13.6. The Kier molecular flexibility index (Phi) is 7.38. The fourth-order valence-electron chi connectivity index (χ4n) is 3.65. The van der Waals surface area contributed by atoms with E-state index in [0.29, 0.717) is 14.5 Å². The molecule has 0 fully saturated rings. The van der Waals surface area contributed by atoms with Crippen molar-refractivity contribution in [2.75, 3.05) is 16.2 Å². The first-order chi connectivity index (χ1) is 17.8. The van der Waals surface area contributed by atoms with E-state index in [9.17, 15) is 13.2 Å². The van der Waals surface area contributed by atoms with Crippen LogP contribution in [-0.4, -0.2) is 37.2 Å². The number of benzene rings is 3. The average molecular weight is 573 g/mol.